The summed E-state index contributed by atoms with van der Waals surface area (Å²) in [6.07, 6.45) is 6.18. The Bertz CT molecular complexity index is 1240. The van der Waals surface area contributed by atoms with Crippen LogP contribution in [0.1, 0.15) is 75.3 Å². The lowest BCUT2D eigenvalue weighted by molar-refractivity contribution is -0.148. The van der Waals surface area contributed by atoms with Gasteiger partial charge in [0.05, 0.1) is 17.5 Å². The maximum Gasteiger partial charge on any atom is 0.451 e. The first-order valence-electron chi connectivity index (χ1n) is 13.0. The van der Waals surface area contributed by atoms with Crippen LogP contribution in [-0.4, -0.2) is 53.5 Å². The van der Waals surface area contributed by atoms with E-state index in [9.17, 15) is 13.2 Å². The van der Waals surface area contributed by atoms with Crippen molar-refractivity contribution >= 4 is 22.6 Å². The maximum atomic E-state index is 13.3. The Morgan fingerprint density at radius 3 is 2.70 bits per heavy atom. The van der Waals surface area contributed by atoms with Crippen molar-refractivity contribution in [3.05, 3.63) is 34.4 Å². The lowest BCUT2D eigenvalue weighted by atomic mass is 9.87. The van der Waals surface area contributed by atoms with Crippen LogP contribution in [-0.2, 0) is 25.7 Å². The van der Waals surface area contributed by atoms with Crippen LogP contribution in [0.3, 0.4) is 0 Å². The Labute approximate surface area is 216 Å². The van der Waals surface area contributed by atoms with Crippen molar-refractivity contribution in [1.29, 1.82) is 0 Å². The first-order valence-corrected chi connectivity index (χ1v) is 13.8. The minimum atomic E-state index is -4.53. The molecule has 1 aliphatic carbocycles. The zero-order chi connectivity index (χ0) is 25.6. The molecule has 37 heavy (non-hydrogen) atoms. The zero-order valence-corrected chi connectivity index (χ0v) is 21.4. The molecule has 1 fully saturated rings. The van der Waals surface area contributed by atoms with Gasteiger partial charge in [0.25, 0.3) is 5.89 Å². The molecule has 0 N–H and O–H groups in total. The summed E-state index contributed by atoms with van der Waals surface area (Å²) in [6.45, 7) is 2.87. The molecule has 198 valence electrons. The van der Waals surface area contributed by atoms with E-state index < -0.39 is 12.0 Å². The van der Waals surface area contributed by atoms with E-state index in [2.05, 4.69) is 38.3 Å². The minimum Gasteiger partial charge on any atom is -0.418 e. The molecule has 2 aromatic heterocycles. The molecule has 2 unspecified atom stereocenters. The average Bonchev–Trinajstić information content (AvgIpc) is 3.61. The van der Waals surface area contributed by atoms with Gasteiger partial charge in [-0.05, 0) is 30.1 Å². The van der Waals surface area contributed by atoms with E-state index in [1.807, 2.05) is 0 Å². The van der Waals surface area contributed by atoms with Gasteiger partial charge in [0.2, 0.25) is 17.6 Å². The number of halogens is 3. The van der Waals surface area contributed by atoms with Crippen LogP contribution in [0.5, 0.6) is 0 Å². The van der Waals surface area contributed by atoms with Crippen LogP contribution < -0.4 is 0 Å². The van der Waals surface area contributed by atoms with Crippen molar-refractivity contribution in [3.63, 3.8) is 0 Å². The van der Waals surface area contributed by atoms with Gasteiger partial charge in [-0.3, -0.25) is 4.90 Å². The molecular formula is C24H29F3N8OS. The molecular weight excluding hydrogens is 505 g/mol. The van der Waals surface area contributed by atoms with Crippen molar-refractivity contribution in [2.75, 3.05) is 6.54 Å². The van der Waals surface area contributed by atoms with Gasteiger partial charge < -0.3 is 8.98 Å². The molecule has 9 nitrogen and oxygen atoms in total. The number of fused-ring (bicyclic) bond motifs is 2. The van der Waals surface area contributed by atoms with E-state index in [0.29, 0.717) is 30.1 Å². The minimum absolute atomic E-state index is 0.0727. The number of nitrogens with zero attached hydrogens (tertiary/aromatic N) is 8. The van der Waals surface area contributed by atoms with Gasteiger partial charge >= 0.3 is 6.18 Å². The molecule has 13 heteroatoms. The summed E-state index contributed by atoms with van der Waals surface area (Å²) in [5.41, 5.74) is 0. The highest BCUT2D eigenvalue weighted by atomic mass is 32.2. The Morgan fingerprint density at radius 2 is 1.92 bits per heavy atom. The number of aromatic nitrogens is 5. The van der Waals surface area contributed by atoms with Gasteiger partial charge in [0, 0.05) is 19.5 Å². The van der Waals surface area contributed by atoms with E-state index >= 15 is 0 Å². The molecule has 0 saturated heterocycles. The van der Waals surface area contributed by atoms with Crippen molar-refractivity contribution in [2.24, 2.45) is 21.8 Å². The Balaban J connectivity index is 1.27. The number of rotatable bonds is 6. The second-order valence-corrected chi connectivity index (χ2v) is 11.2. The molecule has 0 aromatic carbocycles. The predicted octanol–water partition coefficient (Wildman–Crippen LogP) is 4.85. The van der Waals surface area contributed by atoms with Crippen LogP contribution in [0, 0.1) is 11.8 Å². The molecule has 6 rings (SSSR count). The van der Waals surface area contributed by atoms with E-state index in [0.717, 1.165) is 28.9 Å². The average molecular weight is 535 g/mol. The van der Waals surface area contributed by atoms with Crippen molar-refractivity contribution < 1.29 is 17.6 Å². The number of hydrogen-bond donors (Lipinski definition) is 0. The molecule has 4 aliphatic rings. The second-order valence-electron chi connectivity index (χ2n) is 10.1. The van der Waals surface area contributed by atoms with Crippen LogP contribution in [0.15, 0.2) is 25.4 Å². The normalized spacial score (nSPS) is 24.9. The summed E-state index contributed by atoms with van der Waals surface area (Å²) in [5.74, 6) is 1.13. The third-order valence-corrected chi connectivity index (χ3v) is 8.61. The highest BCUT2D eigenvalue weighted by Crippen LogP contribution is 2.41. The van der Waals surface area contributed by atoms with E-state index in [4.69, 9.17) is 14.4 Å². The fraction of sp³-hybridized carbons (Fsp3) is 0.667. The quantitative estimate of drug-likeness (QED) is 0.523. The lowest BCUT2D eigenvalue weighted by Gasteiger charge is -2.36. The Hall–Kier alpha value is -2.54. The second kappa shape index (κ2) is 9.97. The summed E-state index contributed by atoms with van der Waals surface area (Å²) in [6, 6.07) is 0. The third-order valence-electron chi connectivity index (χ3n) is 7.43. The molecule has 2 aromatic rings. The van der Waals surface area contributed by atoms with Crippen molar-refractivity contribution in [2.45, 2.75) is 83.7 Å². The standard InChI is InChI=1S/C24H29F3N8OS/c1-2-6-15-12-16-20(34-9-10-35-17(13-34)30-33-23(35)24(25,26)27)28-19(29-22(16)37-15)21-32-31-18(36-21)11-14-7-4-3-5-8-14/h12,14,16,20H,2-11,13H2,1H3. The molecule has 0 radical (unpaired) electrons. The van der Waals surface area contributed by atoms with Crippen LogP contribution in [0.4, 0.5) is 13.2 Å². The monoisotopic (exact) mass is 534 g/mol. The van der Waals surface area contributed by atoms with E-state index in [1.165, 1.54) is 37.0 Å². The molecule has 5 heterocycles. The van der Waals surface area contributed by atoms with Crippen LogP contribution >= 0.6 is 11.8 Å². The smallest absolute Gasteiger partial charge is 0.418 e. The predicted molar refractivity (Wildman–Crippen MR) is 132 cm³/mol. The first kappa shape index (κ1) is 24.8. The van der Waals surface area contributed by atoms with Gasteiger partial charge in [0.1, 0.15) is 12.0 Å². The Kier molecular flexibility index (Phi) is 6.68. The maximum absolute atomic E-state index is 13.3. The van der Waals surface area contributed by atoms with Crippen molar-refractivity contribution in [1.82, 2.24) is 29.9 Å². The molecule has 2 atom stereocenters. The SMILES string of the molecule is CCCC1=CC2C(=NC(c3nnc(CC4CCCCC4)o3)=NC2N2CCn3c(nnc3C(F)(F)F)C2)S1. The third kappa shape index (κ3) is 4.99. The number of amidine groups is 1. The fourth-order valence-corrected chi connectivity index (χ4v) is 6.87. The van der Waals surface area contributed by atoms with Gasteiger partial charge in [-0.15, -0.1) is 20.4 Å². The number of allylic oxidation sites excluding steroid dienone is 1. The number of alkyl halides is 3. The first-order chi connectivity index (χ1) is 17.9. The Morgan fingerprint density at radius 1 is 1.08 bits per heavy atom. The van der Waals surface area contributed by atoms with Gasteiger partial charge in [-0.1, -0.05) is 50.4 Å². The van der Waals surface area contributed by atoms with Crippen LogP contribution in [0.2, 0.25) is 0 Å². The van der Waals surface area contributed by atoms with Crippen molar-refractivity contribution in [3.8, 4) is 0 Å². The summed E-state index contributed by atoms with van der Waals surface area (Å²) in [7, 11) is 0. The highest BCUT2D eigenvalue weighted by Gasteiger charge is 2.43. The molecule has 0 amide bonds. The summed E-state index contributed by atoms with van der Waals surface area (Å²) < 4.78 is 47.2. The lowest BCUT2D eigenvalue weighted by Crippen LogP contribution is -2.47. The summed E-state index contributed by atoms with van der Waals surface area (Å²) in [4.78, 5) is 13.0. The summed E-state index contributed by atoms with van der Waals surface area (Å²) >= 11 is 1.65. The van der Waals surface area contributed by atoms with Gasteiger partial charge in [-0.2, -0.15) is 13.2 Å². The number of hydrogen-bond acceptors (Lipinski definition) is 9. The number of thioether (sulfide) groups is 1. The zero-order valence-electron chi connectivity index (χ0n) is 20.6. The number of aliphatic imine (C=N–C) groups is 2. The largest absolute Gasteiger partial charge is 0.451 e. The van der Waals surface area contributed by atoms with E-state index in [-0.39, 0.29) is 31.0 Å². The molecule has 3 aliphatic heterocycles. The molecule has 0 spiro atoms. The fourth-order valence-electron chi connectivity index (χ4n) is 5.63. The topological polar surface area (TPSA) is 97.6 Å². The molecule has 1 saturated carbocycles. The van der Waals surface area contributed by atoms with Gasteiger partial charge in [0.15, 0.2) is 0 Å². The van der Waals surface area contributed by atoms with Gasteiger partial charge in [-0.25, -0.2) is 9.98 Å². The molecule has 0 bridgehead atoms. The highest BCUT2D eigenvalue weighted by molar-refractivity contribution is 8.17. The summed E-state index contributed by atoms with van der Waals surface area (Å²) in [5, 5.41) is 16.7. The van der Waals surface area contributed by atoms with Crippen LogP contribution in [0.25, 0.3) is 0 Å². The van der Waals surface area contributed by atoms with E-state index in [1.54, 1.807) is 11.8 Å².